The Bertz CT molecular complexity index is 398. The van der Waals surface area contributed by atoms with E-state index >= 15 is 0 Å². The molecule has 0 bridgehead atoms. The molecule has 0 amide bonds. The molecule has 5 heteroatoms. The van der Waals surface area contributed by atoms with Crippen LogP contribution in [0.5, 0.6) is 0 Å². The molecule has 0 spiro atoms. The van der Waals surface area contributed by atoms with Crippen LogP contribution in [-0.4, -0.2) is 20.2 Å². The van der Waals surface area contributed by atoms with Crippen molar-refractivity contribution in [3.63, 3.8) is 0 Å². The Labute approximate surface area is 81.2 Å². The summed E-state index contributed by atoms with van der Waals surface area (Å²) < 4.78 is 5.36. The molecule has 72 valence electrons. The van der Waals surface area contributed by atoms with E-state index in [0.717, 1.165) is 12.8 Å². The van der Waals surface area contributed by atoms with E-state index in [9.17, 15) is 0 Å². The average Bonchev–Trinajstić information content (AvgIpc) is 2.68. The maximum Gasteiger partial charge on any atom is 0.285 e. The highest BCUT2D eigenvalue weighted by molar-refractivity contribution is 5.37. The van der Waals surface area contributed by atoms with Gasteiger partial charge in [0.1, 0.15) is 0 Å². The fourth-order valence-electron chi connectivity index (χ4n) is 1.07. The van der Waals surface area contributed by atoms with Crippen LogP contribution < -0.4 is 0 Å². The summed E-state index contributed by atoms with van der Waals surface area (Å²) in [4.78, 5) is 8.03. The van der Waals surface area contributed by atoms with Crippen LogP contribution in [0.4, 0.5) is 0 Å². The molecular formula is C9H10N4O. The first-order valence-electron chi connectivity index (χ1n) is 4.50. The Morgan fingerprint density at radius 2 is 2.00 bits per heavy atom. The second-order valence-corrected chi connectivity index (χ2v) is 2.82. The van der Waals surface area contributed by atoms with Gasteiger partial charge in [0.25, 0.3) is 5.89 Å². The van der Waals surface area contributed by atoms with Crippen LogP contribution in [0.1, 0.15) is 19.2 Å². The number of nitrogens with zero attached hydrogens (tertiary/aromatic N) is 4. The SMILES string of the molecule is CCCc1nnc(-c2ncccn2)o1. The summed E-state index contributed by atoms with van der Waals surface area (Å²) in [7, 11) is 0. The molecule has 2 aromatic rings. The van der Waals surface area contributed by atoms with Crippen molar-refractivity contribution in [3.05, 3.63) is 24.4 Å². The molecule has 0 unspecified atom stereocenters. The Morgan fingerprint density at radius 3 is 2.71 bits per heavy atom. The fourth-order valence-corrected chi connectivity index (χ4v) is 1.07. The molecule has 0 aliphatic rings. The third kappa shape index (κ3) is 1.76. The summed E-state index contributed by atoms with van der Waals surface area (Å²) in [6.07, 6.45) is 5.06. The zero-order chi connectivity index (χ0) is 9.80. The lowest BCUT2D eigenvalue weighted by Crippen LogP contribution is -1.85. The minimum Gasteiger partial charge on any atom is -0.418 e. The summed E-state index contributed by atoms with van der Waals surface area (Å²) >= 11 is 0. The molecule has 0 radical (unpaired) electrons. The molecule has 0 aliphatic carbocycles. The highest BCUT2D eigenvalue weighted by Gasteiger charge is 2.09. The number of hydrogen-bond acceptors (Lipinski definition) is 5. The minimum atomic E-state index is 0.383. The Kier molecular flexibility index (Phi) is 2.48. The van der Waals surface area contributed by atoms with Crippen LogP contribution in [-0.2, 0) is 6.42 Å². The lowest BCUT2D eigenvalue weighted by molar-refractivity contribution is 0.499. The van der Waals surface area contributed by atoms with Gasteiger partial charge in [-0.1, -0.05) is 6.92 Å². The molecule has 0 aliphatic heterocycles. The summed E-state index contributed by atoms with van der Waals surface area (Å²) in [6, 6.07) is 1.74. The minimum absolute atomic E-state index is 0.383. The summed E-state index contributed by atoms with van der Waals surface area (Å²) in [5, 5.41) is 7.75. The van der Waals surface area contributed by atoms with Crippen molar-refractivity contribution < 1.29 is 4.42 Å². The first kappa shape index (κ1) is 8.80. The molecule has 0 saturated carbocycles. The van der Waals surface area contributed by atoms with E-state index in [-0.39, 0.29) is 0 Å². The monoisotopic (exact) mass is 190 g/mol. The van der Waals surface area contributed by atoms with Gasteiger partial charge < -0.3 is 4.42 Å². The van der Waals surface area contributed by atoms with Crippen molar-refractivity contribution in [1.29, 1.82) is 0 Å². The lowest BCUT2D eigenvalue weighted by Gasteiger charge is -1.90. The Balaban J connectivity index is 2.25. The molecule has 0 N–H and O–H groups in total. The topological polar surface area (TPSA) is 64.7 Å². The van der Waals surface area contributed by atoms with Gasteiger partial charge in [-0.25, -0.2) is 9.97 Å². The summed E-state index contributed by atoms with van der Waals surface area (Å²) in [6.45, 7) is 2.06. The third-order valence-electron chi connectivity index (χ3n) is 1.69. The lowest BCUT2D eigenvalue weighted by atomic mass is 10.3. The first-order valence-corrected chi connectivity index (χ1v) is 4.50. The number of aromatic nitrogens is 4. The quantitative estimate of drug-likeness (QED) is 0.733. The second kappa shape index (κ2) is 3.95. The van der Waals surface area contributed by atoms with Crippen molar-refractivity contribution >= 4 is 0 Å². The van der Waals surface area contributed by atoms with Crippen molar-refractivity contribution in [2.24, 2.45) is 0 Å². The number of aryl methyl sites for hydroxylation is 1. The van der Waals surface area contributed by atoms with E-state index in [1.54, 1.807) is 18.5 Å². The van der Waals surface area contributed by atoms with Gasteiger partial charge in [-0.3, -0.25) is 0 Å². The fraction of sp³-hybridized carbons (Fsp3) is 0.333. The predicted molar refractivity (Wildman–Crippen MR) is 49.3 cm³/mol. The zero-order valence-electron chi connectivity index (χ0n) is 7.84. The van der Waals surface area contributed by atoms with Gasteiger partial charge in [-0.15, -0.1) is 10.2 Å². The third-order valence-corrected chi connectivity index (χ3v) is 1.69. The van der Waals surface area contributed by atoms with E-state index in [1.165, 1.54) is 0 Å². The Hall–Kier alpha value is -1.78. The first-order chi connectivity index (χ1) is 6.90. The smallest absolute Gasteiger partial charge is 0.285 e. The maximum atomic E-state index is 5.36. The standard InChI is InChI=1S/C9H10N4O/c1-2-4-7-12-13-9(14-7)8-10-5-3-6-11-8/h3,5-6H,2,4H2,1H3. The van der Waals surface area contributed by atoms with E-state index in [0.29, 0.717) is 17.6 Å². The van der Waals surface area contributed by atoms with Crippen LogP contribution in [0, 0.1) is 0 Å². The zero-order valence-corrected chi connectivity index (χ0v) is 7.84. The highest BCUT2D eigenvalue weighted by Crippen LogP contribution is 2.12. The van der Waals surface area contributed by atoms with E-state index < -0.39 is 0 Å². The second-order valence-electron chi connectivity index (χ2n) is 2.82. The molecule has 0 saturated heterocycles. The van der Waals surface area contributed by atoms with Gasteiger partial charge >= 0.3 is 0 Å². The molecule has 0 aromatic carbocycles. The van der Waals surface area contributed by atoms with Crippen molar-refractivity contribution in [1.82, 2.24) is 20.2 Å². The normalized spacial score (nSPS) is 10.4. The number of hydrogen-bond donors (Lipinski definition) is 0. The molecule has 2 rings (SSSR count). The van der Waals surface area contributed by atoms with Gasteiger partial charge in [-0.05, 0) is 12.5 Å². The van der Waals surface area contributed by atoms with Gasteiger partial charge in [0.2, 0.25) is 11.7 Å². The Morgan fingerprint density at radius 1 is 1.21 bits per heavy atom. The van der Waals surface area contributed by atoms with Crippen molar-refractivity contribution in [3.8, 4) is 11.7 Å². The molecular weight excluding hydrogens is 180 g/mol. The maximum absolute atomic E-state index is 5.36. The van der Waals surface area contributed by atoms with Crippen LogP contribution in [0.25, 0.3) is 11.7 Å². The van der Waals surface area contributed by atoms with E-state index in [4.69, 9.17) is 4.42 Å². The number of rotatable bonds is 3. The highest BCUT2D eigenvalue weighted by atomic mass is 16.4. The molecule has 2 aromatic heterocycles. The van der Waals surface area contributed by atoms with Crippen molar-refractivity contribution in [2.75, 3.05) is 0 Å². The molecule has 0 atom stereocenters. The van der Waals surface area contributed by atoms with Crippen LogP contribution in [0.15, 0.2) is 22.9 Å². The largest absolute Gasteiger partial charge is 0.418 e. The van der Waals surface area contributed by atoms with Crippen molar-refractivity contribution in [2.45, 2.75) is 19.8 Å². The molecule has 14 heavy (non-hydrogen) atoms. The molecule has 0 fully saturated rings. The van der Waals surface area contributed by atoms with Crippen LogP contribution in [0.2, 0.25) is 0 Å². The van der Waals surface area contributed by atoms with Gasteiger partial charge in [-0.2, -0.15) is 0 Å². The molecule has 2 heterocycles. The van der Waals surface area contributed by atoms with Crippen LogP contribution in [0.3, 0.4) is 0 Å². The predicted octanol–water partition coefficient (Wildman–Crippen LogP) is 1.48. The van der Waals surface area contributed by atoms with Gasteiger partial charge in [0.05, 0.1) is 0 Å². The van der Waals surface area contributed by atoms with Crippen LogP contribution >= 0.6 is 0 Å². The average molecular weight is 190 g/mol. The van der Waals surface area contributed by atoms with E-state index in [2.05, 4.69) is 27.1 Å². The van der Waals surface area contributed by atoms with Gasteiger partial charge in [0.15, 0.2) is 0 Å². The summed E-state index contributed by atoms with van der Waals surface area (Å²) in [5.41, 5.74) is 0. The molecule has 5 nitrogen and oxygen atoms in total. The van der Waals surface area contributed by atoms with E-state index in [1.807, 2.05) is 0 Å². The summed E-state index contributed by atoms with van der Waals surface area (Å²) in [5.74, 6) is 1.49. The van der Waals surface area contributed by atoms with Gasteiger partial charge in [0, 0.05) is 18.8 Å².